The summed E-state index contributed by atoms with van der Waals surface area (Å²) in [7, 11) is 0. The van der Waals surface area contributed by atoms with Gasteiger partial charge in [0.2, 0.25) is 5.91 Å². The van der Waals surface area contributed by atoms with Crippen LogP contribution in [0.15, 0.2) is 30.3 Å². The van der Waals surface area contributed by atoms with Crippen molar-refractivity contribution in [2.75, 3.05) is 6.54 Å². The quantitative estimate of drug-likeness (QED) is 0.806. The summed E-state index contributed by atoms with van der Waals surface area (Å²) in [6.07, 6.45) is 3.77. The Labute approximate surface area is 96.0 Å². The van der Waals surface area contributed by atoms with Gasteiger partial charge in [-0.15, -0.1) is 0 Å². The Morgan fingerprint density at radius 3 is 2.62 bits per heavy atom. The number of carbonyl (C=O) groups is 1. The van der Waals surface area contributed by atoms with Gasteiger partial charge in [-0.25, -0.2) is 0 Å². The molecule has 3 nitrogen and oxygen atoms in total. The SMILES string of the molecule is N[C@H](C(=O)NCC1CCC1)c1ccccc1. The number of hydrogen-bond donors (Lipinski definition) is 2. The molecule has 0 aliphatic heterocycles. The van der Waals surface area contributed by atoms with Crippen LogP contribution in [0.3, 0.4) is 0 Å². The van der Waals surface area contributed by atoms with Crippen molar-refractivity contribution in [3.63, 3.8) is 0 Å². The first-order valence-electron chi connectivity index (χ1n) is 5.85. The topological polar surface area (TPSA) is 55.1 Å². The lowest BCUT2D eigenvalue weighted by atomic mass is 9.85. The molecule has 0 aromatic heterocycles. The van der Waals surface area contributed by atoms with Crippen LogP contribution >= 0.6 is 0 Å². The van der Waals surface area contributed by atoms with E-state index in [2.05, 4.69) is 5.32 Å². The Balaban J connectivity index is 1.84. The second kappa shape index (κ2) is 5.12. The summed E-state index contributed by atoms with van der Waals surface area (Å²) >= 11 is 0. The first-order chi connectivity index (χ1) is 7.77. The van der Waals surface area contributed by atoms with Crippen LogP contribution in [0.4, 0.5) is 0 Å². The molecule has 1 aliphatic carbocycles. The standard InChI is InChI=1S/C13H18N2O/c14-12(11-7-2-1-3-8-11)13(16)15-9-10-5-4-6-10/h1-3,7-8,10,12H,4-6,9,14H2,(H,15,16)/t12-/m0/s1. The number of hydrogen-bond acceptors (Lipinski definition) is 2. The van der Waals surface area contributed by atoms with Crippen molar-refractivity contribution >= 4 is 5.91 Å². The van der Waals surface area contributed by atoms with Crippen LogP contribution in [-0.2, 0) is 4.79 Å². The maximum Gasteiger partial charge on any atom is 0.241 e. The van der Waals surface area contributed by atoms with Crippen molar-refractivity contribution in [1.29, 1.82) is 0 Å². The van der Waals surface area contributed by atoms with E-state index in [9.17, 15) is 4.79 Å². The van der Waals surface area contributed by atoms with Crippen LogP contribution in [0.2, 0.25) is 0 Å². The zero-order valence-corrected chi connectivity index (χ0v) is 9.36. The van der Waals surface area contributed by atoms with Crippen LogP contribution < -0.4 is 11.1 Å². The fourth-order valence-electron chi connectivity index (χ4n) is 1.86. The molecule has 0 saturated heterocycles. The second-order valence-electron chi connectivity index (χ2n) is 4.43. The summed E-state index contributed by atoms with van der Waals surface area (Å²) in [6.45, 7) is 0.777. The van der Waals surface area contributed by atoms with Gasteiger partial charge in [-0.1, -0.05) is 36.8 Å². The molecular weight excluding hydrogens is 200 g/mol. The van der Waals surface area contributed by atoms with Crippen molar-refractivity contribution in [1.82, 2.24) is 5.32 Å². The lowest BCUT2D eigenvalue weighted by Gasteiger charge is -2.26. The number of carbonyl (C=O) groups excluding carboxylic acids is 1. The van der Waals surface area contributed by atoms with Gasteiger partial charge in [0.05, 0.1) is 0 Å². The number of rotatable bonds is 4. The molecule has 1 atom stereocenters. The van der Waals surface area contributed by atoms with Crippen LogP contribution in [0.1, 0.15) is 30.9 Å². The molecular formula is C13H18N2O. The predicted octanol–water partition coefficient (Wildman–Crippen LogP) is 1.60. The van der Waals surface area contributed by atoms with Gasteiger partial charge < -0.3 is 11.1 Å². The van der Waals surface area contributed by atoms with Gasteiger partial charge in [0, 0.05) is 6.54 Å². The maximum atomic E-state index is 11.8. The van der Waals surface area contributed by atoms with E-state index in [1.165, 1.54) is 19.3 Å². The Bertz CT molecular complexity index is 346. The largest absolute Gasteiger partial charge is 0.354 e. The third-order valence-corrected chi connectivity index (χ3v) is 3.23. The smallest absolute Gasteiger partial charge is 0.241 e. The lowest BCUT2D eigenvalue weighted by molar-refractivity contribution is -0.122. The Kier molecular flexibility index (Phi) is 3.57. The third kappa shape index (κ3) is 2.61. The lowest BCUT2D eigenvalue weighted by Crippen LogP contribution is -2.38. The molecule has 0 heterocycles. The van der Waals surface area contributed by atoms with Gasteiger partial charge in [-0.2, -0.15) is 0 Å². The van der Waals surface area contributed by atoms with Crippen LogP contribution in [0.5, 0.6) is 0 Å². The summed E-state index contributed by atoms with van der Waals surface area (Å²) < 4.78 is 0. The van der Waals surface area contributed by atoms with E-state index in [0.29, 0.717) is 5.92 Å². The minimum Gasteiger partial charge on any atom is -0.354 e. The van der Waals surface area contributed by atoms with Gasteiger partial charge in [0.1, 0.15) is 6.04 Å². The summed E-state index contributed by atoms with van der Waals surface area (Å²) in [6, 6.07) is 8.94. The van der Waals surface area contributed by atoms with Gasteiger partial charge >= 0.3 is 0 Å². The number of benzene rings is 1. The fraction of sp³-hybridized carbons (Fsp3) is 0.462. The van der Waals surface area contributed by atoms with Crippen molar-refractivity contribution < 1.29 is 4.79 Å². The molecule has 1 amide bonds. The summed E-state index contributed by atoms with van der Waals surface area (Å²) in [5.74, 6) is 0.602. The van der Waals surface area contributed by atoms with Crippen molar-refractivity contribution in [3.05, 3.63) is 35.9 Å². The van der Waals surface area contributed by atoms with E-state index >= 15 is 0 Å². The molecule has 2 rings (SSSR count). The van der Waals surface area contributed by atoms with Crippen LogP contribution in [0.25, 0.3) is 0 Å². The molecule has 1 aromatic carbocycles. The van der Waals surface area contributed by atoms with Crippen molar-refractivity contribution in [2.45, 2.75) is 25.3 Å². The van der Waals surface area contributed by atoms with Gasteiger partial charge in [0.25, 0.3) is 0 Å². The first kappa shape index (κ1) is 11.1. The monoisotopic (exact) mass is 218 g/mol. The highest BCUT2D eigenvalue weighted by Crippen LogP contribution is 2.25. The number of nitrogens with one attached hydrogen (secondary N) is 1. The van der Waals surface area contributed by atoms with E-state index in [1.807, 2.05) is 30.3 Å². The van der Waals surface area contributed by atoms with E-state index < -0.39 is 6.04 Å². The van der Waals surface area contributed by atoms with Crippen LogP contribution in [0, 0.1) is 5.92 Å². The second-order valence-corrected chi connectivity index (χ2v) is 4.43. The first-order valence-corrected chi connectivity index (χ1v) is 5.85. The molecule has 0 unspecified atom stereocenters. The highest BCUT2D eigenvalue weighted by Gasteiger charge is 2.20. The molecule has 16 heavy (non-hydrogen) atoms. The number of amides is 1. The average Bonchev–Trinajstić information content (AvgIpc) is 2.27. The van der Waals surface area contributed by atoms with Gasteiger partial charge in [0.15, 0.2) is 0 Å². The van der Waals surface area contributed by atoms with Crippen molar-refractivity contribution in [2.24, 2.45) is 11.7 Å². The summed E-state index contributed by atoms with van der Waals surface area (Å²) in [5.41, 5.74) is 6.74. The number of nitrogens with two attached hydrogens (primary N) is 1. The summed E-state index contributed by atoms with van der Waals surface area (Å²) in [5, 5.41) is 2.92. The molecule has 0 bridgehead atoms. The molecule has 1 fully saturated rings. The van der Waals surface area contributed by atoms with Crippen molar-refractivity contribution in [3.8, 4) is 0 Å². The molecule has 1 aliphatic rings. The van der Waals surface area contributed by atoms with Gasteiger partial charge in [-0.05, 0) is 24.3 Å². The molecule has 3 heteroatoms. The average molecular weight is 218 g/mol. The normalized spacial score (nSPS) is 17.6. The third-order valence-electron chi connectivity index (χ3n) is 3.23. The van der Waals surface area contributed by atoms with E-state index in [1.54, 1.807) is 0 Å². The Morgan fingerprint density at radius 1 is 1.38 bits per heavy atom. The molecule has 86 valence electrons. The molecule has 0 radical (unpaired) electrons. The van der Waals surface area contributed by atoms with E-state index in [0.717, 1.165) is 12.1 Å². The zero-order chi connectivity index (χ0) is 11.4. The fourth-order valence-corrected chi connectivity index (χ4v) is 1.86. The van der Waals surface area contributed by atoms with Gasteiger partial charge in [-0.3, -0.25) is 4.79 Å². The van der Waals surface area contributed by atoms with Crippen LogP contribution in [-0.4, -0.2) is 12.5 Å². The zero-order valence-electron chi connectivity index (χ0n) is 9.36. The van der Waals surface area contributed by atoms with E-state index in [4.69, 9.17) is 5.73 Å². The molecule has 1 aromatic rings. The molecule has 1 saturated carbocycles. The minimum absolute atomic E-state index is 0.0712. The highest BCUT2D eigenvalue weighted by atomic mass is 16.2. The Hall–Kier alpha value is -1.35. The molecule has 0 spiro atoms. The minimum atomic E-state index is -0.540. The maximum absolute atomic E-state index is 11.8. The predicted molar refractivity (Wildman–Crippen MR) is 63.7 cm³/mol. The highest BCUT2D eigenvalue weighted by molar-refractivity contribution is 5.82. The summed E-state index contributed by atoms with van der Waals surface area (Å²) in [4.78, 5) is 11.8. The Morgan fingerprint density at radius 2 is 2.06 bits per heavy atom. The molecule has 3 N–H and O–H groups in total. The van der Waals surface area contributed by atoms with E-state index in [-0.39, 0.29) is 5.91 Å².